The molecule has 1 aromatic rings. The summed E-state index contributed by atoms with van der Waals surface area (Å²) in [6.45, 7) is 9.31. The Morgan fingerprint density at radius 2 is 1.74 bits per heavy atom. The van der Waals surface area contributed by atoms with Crippen molar-refractivity contribution in [2.24, 2.45) is 0 Å². The number of hydrogen-bond acceptors (Lipinski definition) is 4. The molecule has 1 aromatic carbocycles. The van der Waals surface area contributed by atoms with Crippen LogP contribution in [0.15, 0.2) is 24.3 Å². The topological polar surface area (TPSA) is 55.9 Å². The Balaban J connectivity index is 1.39. The average molecular weight is 373 g/mol. The van der Waals surface area contributed by atoms with Crippen molar-refractivity contribution >= 4 is 17.5 Å². The molecule has 0 saturated carbocycles. The second-order valence-corrected chi connectivity index (χ2v) is 7.90. The first-order valence-electron chi connectivity index (χ1n) is 10.1. The van der Waals surface area contributed by atoms with E-state index in [0.29, 0.717) is 19.1 Å². The number of aryl methyl sites for hydroxylation is 1. The Hall–Kier alpha value is -1.92. The number of likely N-dealkylation sites (tertiary alicyclic amines) is 1. The van der Waals surface area contributed by atoms with E-state index in [1.54, 1.807) is 0 Å². The van der Waals surface area contributed by atoms with Crippen LogP contribution in [0.4, 0.5) is 5.69 Å². The minimum Gasteiger partial charge on any atom is -0.339 e. The molecule has 3 rings (SSSR count). The van der Waals surface area contributed by atoms with Crippen LogP contribution in [0.5, 0.6) is 0 Å². The maximum Gasteiger partial charge on any atom is 0.238 e. The monoisotopic (exact) mass is 372 g/mol. The first-order valence-corrected chi connectivity index (χ1v) is 10.1. The van der Waals surface area contributed by atoms with Gasteiger partial charge in [0.1, 0.15) is 0 Å². The van der Waals surface area contributed by atoms with Gasteiger partial charge in [-0.2, -0.15) is 0 Å². The molecule has 2 aliphatic heterocycles. The van der Waals surface area contributed by atoms with E-state index in [1.807, 2.05) is 36.1 Å². The summed E-state index contributed by atoms with van der Waals surface area (Å²) in [5.74, 6) is 0.278. The molecule has 2 heterocycles. The SMILES string of the molecule is Cc1cccc(NC(=O)CN2CCN(CC(=O)N3CCCCC3C)CC2)c1. The Bertz CT molecular complexity index is 655. The summed E-state index contributed by atoms with van der Waals surface area (Å²) in [4.78, 5) is 31.3. The molecule has 1 N–H and O–H groups in total. The number of carbonyl (C=O) groups excluding carboxylic acids is 2. The van der Waals surface area contributed by atoms with Crippen LogP contribution in [0.2, 0.25) is 0 Å². The minimum atomic E-state index is 0.0206. The fraction of sp³-hybridized carbons (Fsp3) is 0.619. The van der Waals surface area contributed by atoms with E-state index >= 15 is 0 Å². The molecule has 0 aliphatic carbocycles. The van der Waals surface area contributed by atoms with Gasteiger partial charge in [0, 0.05) is 44.5 Å². The number of rotatable bonds is 5. The van der Waals surface area contributed by atoms with Gasteiger partial charge < -0.3 is 10.2 Å². The standard InChI is InChI=1S/C21H32N4O2/c1-17-6-5-8-19(14-17)22-20(26)15-23-10-12-24(13-11-23)16-21(27)25-9-4-3-7-18(25)2/h5-6,8,14,18H,3-4,7,9-13,15-16H2,1-2H3,(H,22,26). The summed E-state index contributed by atoms with van der Waals surface area (Å²) in [7, 11) is 0. The van der Waals surface area contributed by atoms with Crippen molar-refractivity contribution in [3.8, 4) is 0 Å². The zero-order valence-electron chi connectivity index (χ0n) is 16.6. The van der Waals surface area contributed by atoms with E-state index in [1.165, 1.54) is 6.42 Å². The van der Waals surface area contributed by atoms with Crippen LogP contribution in [0.25, 0.3) is 0 Å². The highest BCUT2D eigenvalue weighted by Gasteiger charge is 2.26. The highest BCUT2D eigenvalue weighted by Crippen LogP contribution is 2.17. The van der Waals surface area contributed by atoms with Crippen LogP contribution in [0, 0.1) is 6.92 Å². The van der Waals surface area contributed by atoms with Crippen LogP contribution in [-0.4, -0.2) is 78.4 Å². The first-order chi connectivity index (χ1) is 13.0. The molecule has 0 spiro atoms. The van der Waals surface area contributed by atoms with Gasteiger partial charge >= 0.3 is 0 Å². The van der Waals surface area contributed by atoms with E-state index < -0.39 is 0 Å². The van der Waals surface area contributed by atoms with E-state index in [2.05, 4.69) is 22.0 Å². The molecule has 2 aliphatic rings. The van der Waals surface area contributed by atoms with Crippen LogP contribution >= 0.6 is 0 Å². The van der Waals surface area contributed by atoms with Gasteiger partial charge in [-0.3, -0.25) is 19.4 Å². The number of piperidine rings is 1. The highest BCUT2D eigenvalue weighted by atomic mass is 16.2. The predicted molar refractivity (Wildman–Crippen MR) is 108 cm³/mol. The summed E-state index contributed by atoms with van der Waals surface area (Å²) in [5.41, 5.74) is 1.98. The van der Waals surface area contributed by atoms with Gasteiger partial charge in [0.2, 0.25) is 11.8 Å². The van der Waals surface area contributed by atoms with Crippen molar-refractivity contribution in [1.29, 1.82) is 0 Å². The summed E-state index contributed by atoms with van der Waals surface area (Å²) in [6, 6.07) is 8.22. The van der Waals surface area contributed by atoms with Gasteiger partial charge in [0.25, 0.3) is 0 Å². The highest BCUT2D eigenvalue weighted by molar-refractivity contribution is 5.92. The fourth-order valence-electron chi connectivity index (χ4n) is 3.98. The Morgan fingerprint density at radius 3 is 2.41 bits per heavy atom. The van der Waals surface area contributed by atoms with Gasteiger partial charge in [-0.1, -0.05) is 12.1 Å². The predicted octanol–water partition coefficient (Wildman–Crippen LogP) is 1.95. The van der Waals surface area contributed by atoms with Crippen molar-refractivity contribution in [3.63, 3.8) is 0 Å². The van der Waals surface area contributed by atoms with Crippen LogP contribution in [0.1, 0.15) is 31.7 Å². The summed E-state index contributed by atoms with van der Waals surface area (Å²) in [5, 5.41) is 2.97. The Labute approximate surface area is 162 Å². The second kappa shape index (κ2) is 9.33. The molecule has 0 aromatic heterocycles. The molecule has 2 amide bonds. The zero-order valence-corrected chi connectivity index (χ0v) is 16.6. The van der Waals surface area contributed by atoms with Gasteiger partial charge in [-0.05, 0) is 50.8 Å². The van der Waals surface area contributed by atoms with E-state index in [9.17, 15) is 9.59 Å². The smallest absolute Gasteiger partial charge is 0.238 e. The first kappa shape index (κ1) is 19.8. The largest absolute Gasteiger partial charge is 0.339 e. The second-order valence-electron chi connectivity index (χ2n) is 7.90. The number of nitrogens with zero attached hydrogens (tertiary/aromatic N) is 3. The summed E-state index contributed by atoms with van der Waals surface area (Å²) < 4.78 is 0. The quantitative estimate of drug-likeness (QED) is 0.858. The summed E-state index contributed by atoms with van der Waals surface area (Å²) >= 11 is 0. The lowest BCUT2D eigenvalue weighted by molar-refractivity contribution is -0.136. The molecule has 0 bridgehead atoms. The molecule has 148 valence electrons. The number of nitrogens with one attached hydrogen (secondary N) is 1. The van der Waals surface area contributed by atoms with Crippen molar-refractivity contribution in [3.05, 3.63) is 29.8 Å². The normalized spacial score (nSPS) is 21.9. The van der Waals surface area contributed by atoms with Gasteiger partial charge in [-0.25, -0.2) is 0 Å². The molecule has 0 radical (unpaired) electrons. The maximum absolute atomic E-state index is 12.6. The third-order valence-electron chi connectivity index (χ3n) is 5.62. The number of hydrogen-bond donors (Lipinski definition) is 1. The Kier molecular flexibility index (Phi) is 6.85. The summed E-state index contributed by atoms with van der Waals surface area (Å²) in [6.07, 6.45) is 3.48. The molecule has 2 saturated heterocycles. The lowest BCUT2D eigenvalue weighted by atomic mass is 10.0. The average Bonchev–Trinajstić information content (AvgIpc) is 2.63. The van der Waals surface area contributed by atoms with Crippen molar-refractivity contribution in [2.75, 3.05) is 51.1 Å². The molecule has 1 atom stereocenters. The van der Waals surface area contributed by atoms with Crippen molar-refractivity contribution in [2.45, 2.75) is 39.2 Å². The molecule has 6 nitrogen and oxygen atoms in total. The third-order valence-corrected chi connectivity index (χ3v) is 5.62. The molecule has 1 unspecified atom stereocenters. The molecular weight excluding hydrogens is 340 g/mol. The van der Waals surface area contributed by atoms with Crippen LogP contribution in [0.3, 0.4) is 0 Å². The van der Waals surface area contributed by atoms with E-state index in [0.717, 1.165) is 56.8 Å². The number of carbonyl (C=O) groups is 2. The Morgan fingerprint density at radius 1 is 1.04 bits per heavy atom. The van der Waals surface area contributed by atoms with Gasteiger partial charge in [0.05, 0.1) is 13.1 Å². The molecular formula is C21H32N4O2. The fourth-order valence-corrected chi connectivity index (χ4v) is 3.98. The number of benzene rings is 1. The van der Waals surface area contributed by atoms with Gasteiger partial charge in [0.15, 0.2) is 0 Å². The molecule has 27 heavy (non-hydrogen) atoms. The third kappa shape index (κ3) is 5.78. The lowest BCUT2D eigenvalue weighted by Crippen LogP contribution is -2.53. The van der Waals surface area contributed by atoms with Crippen LogP contribution in [-0.2, 0) is 9.59 Å². The van der Waals surface area contributed by atoms with E-state index in [-0.39, 0.29) is 11.8 Å². The van der Waals surface area contributed by atoms with Crippen molar-refractivity contribution in [1.82, 2.24) is 14.7 Å². The molecule has 2 fully saturated rings. The van der Waals surface area contributed by atoms with Crippen molar-refractivity contribution < 1.29 is 9.59 Å². The number of anilines is 1. The lowest BCUT2D eigenvalue weighted by Gasteiger charge is -2.37. The molecule has 6 heteroatoms. The number of piperazine rings is 1. The maximum atomic E-state index is 12.6. The minimum absolute atomic E-state index is 0.0206. The van der Waals surface area contributed by atoms with Gasteiger partial charge in [-0.15, -0.1) is 0 Å². The zero-order chi connectivity index (χ0) is 19.2. The number of amides is 2. The van der Waals surface area contributed by atoms with Crippen LogP contribution < -0.4 is 5.32 Å². The van der Waals surface area contributed by atoms with E-state index in [4.69, 9.17) is 0 Å².